The van der Waals surface area contributed by atoms with Crippen LogP contribution in [-0.2, 0) is 0 Å². The molecular weight excluding hydrogens is 369 g/mol. The van der Waals surface area contributed by atoms with E-state index in [1.165, 1.54) is 35.2 Å². The van der Waals surface area contributed by atoms with Gasteiger partial charge < -0.3 is 0 Å². The summed E-state index contributed by atoms with van der Waals surface area (Å²) in [6, 6.07) is 9.97. The van der Waals surface area contributed by atoms with Gasteiger partial charge in [0.15, 0.2) is 5.82 Å². The molecule has 10 heteroatoms. The summed E-state index contributed by atoms with van der Waals surface area (Å²) < 4.78 is 14.6. The number of nitro benzene ring substituents is 1. The molecule has 0 fully saturated rings. The zero-order valence-electron chi connectivity index (χ0n) is 12.4. The Kier molecular flexibility index (Phi) is 4.68. The molecule has 7 nitrogen and oxygen atoms in total. The minimum absolute atomic E-state index is 0.0362. The van der Waals surface area contributed by atoms with Gasteiger partial charge in [-0.15, -0.1) is 0 Å². The first-order valence-corrected chi connectivity index (χ1v) is 7.66. The van der Waals surface area contributed by atoms with E-state index >= 15 is 0 Å². The van der Waals surface area contributed by atoms with E-state index in [2.05, 4.69) is 15.3 Å². The number of rotatable bonds is 4. The number of benzene rings is 2. The summed E-state index contributed by atoms with van der Waals surface area (Å²) in [7, 11) is 0. The number of halogens is 2. The second-order valence-electron chi connectivity index (χ2n) is 4.88. The Morgan fingerprint density at radius 2 is 2.04 bits per heavy atom. The Labute approximate surface area is 150 Å². The van der Waals surface area contributed by atoms with Crippen molar-refractivity contribution in [1.82, 2.24) is 14.9 Å². The van der Waals surface area contributed by atoms with E-state index in [4.69, 9.17) is 23.8 Å². The number of H-pyrrole nitrogens is 1. The van der Waals surface area contributed by atoms with Crippen LogP contribution in [0.3, 0.4) is 0 Å². The molecule has 1 aromatic heterocycles. The summed E-state index contributed by atoms with van der Waals surface area (Å²) >= 11 is 10.9. The van der Waals surface area contributed by atoms with E-state index in [0.717, 1.165) is 0 Å². The minimum atomic E-state index is -0.576. The maximum absolute atomic E-state index is 13.1. The van der Waals surface area contributed by atoms with Crippen LogP contribution in [0.25, 0.3) is 11.4 Å². The monoisotopic (exact) mass is 377 g/mol. The van der Waals surface area contributed by atoms with Crippen LogP contribution in [0.2, 0.25) is 5.02 Å². The predicted octanol–water partition coefficient (Wildman–Crippen LogP) is 4.19. The molecule has 0 saturated heterocycles. The quantitative estimate of drug-likeness (QED) is 0.319. The van der Waals surface area contributed by atoms with Crippen molar-refractivity contribution in [3.05, 3.63) is 73.8 Å². The standard InChI is InChI=1S/C15H9ClFN5O2S/c16-12-6-1-9(7-13(12)22(23)24)8-18-21-14(19-20-15(21)25)10-2-4-11(17)5-3-10/h1-8H,(H,20,25)/b18-8+. The lowest BCUT2D eigenvalue weighted by Gasteiger charge is -2.01. The number of aromatic nitrogens is 3. The molecule has 0 spiro atoms. The number of hydrogen-bond donors (Lipinski definition) is 1. The van der Waals surface area contributed by atoms with Crippen molar-refractivity contribution in [2.24, 2.45) is 5.10 Å². The second kappa shape index (κ2) is 6.91. The first-order chi connectivity index (χ1) is 12.0. The van der Waals surface area contributed by atoms with Gasteiger partial charge in [0.25, 0.3) is 5.69 Å². The summed E-state index contributed by atoms with van der Waals surface area (Å²) in [4.78, 5) is 10.4. The van der Waals surface area contributed by atoms with E-state index in [1.54, 1.807) is 18.2 Å². The van der Waals surface area contributed by atoms with E-state index in [1.807, 2.05) is 0 Å². The molecule has 1 N–H and O–H groups in total. The van der Waals surface area contributed by atoms with Crippen molar-refractivity contribution in [2.45, 2.75) is 0 Å². The molecule has 0 bridgehead atoms. The maximum Gasteiger partial charge on any atom is 0.288 e. The lowest BCUT2D eigenvalue weighted by Crippen LogP contribution is -1.96. The van der Waals surface area contributed by atoms with Gasteiger partial charge in [-0.05, 0) is 42.5 Å². The van der Waals surface area contributed by atoms with Crippen LogP contribution in [0.15, 0.2) is 47.6 Å². The second-order valence-corrected chi connectivity index (χ2v) is 5.68. The lowest BCUT2D eigenvalue weighted by molar-refractivity contribution is -0.384. The van der Waals surface area contributed by atoms with Gasteiger partial charge >= 0.3 is 0 Å². The molecule has 0 aliphatic carbocycles. The highest BCUT2D eigenvalue weighted by Crippen LogP contribution is 2.24. The van der Waals surface area contributed by atoms with Crippen molar-refractivity contribution < 1.29 is 9.31 Å². The molecule has 3 rings (SSSR count). The van der Waals surface area contributed by atoms with Gasteiger partial charge in [0.1, 0.15) is 10.8 Å². The maximum atomic E-state index is 13.1. The highest BCUT2D eigenvalue weighted by atomic mass is 35.5. The van der Waals surface area contributed by atoms with Gasteiger partial charge in [0, 0.05) is 17.2 Å². The molecule has 0 saturated carbocycles. The van der Waals surface area contributed by atoms with Gasteiger partial charge in [-0.25, -0.2) is 9.49 Å². The number of nitrogens with one attached hydrogen (secondary N) is 1. The smallest absolute Gasteiger partial charge is 0.258 e. The minimum Gasteiger partial charge on any atom is -0.258 e. The number of nitrogens with zero attached hydrogens (tertiary/aromatic N) is 4. The number of nitro groups is 1. The van der Waals surface area contributed by atoms with Crippen LogP contribution in [-0.4, -0.2) is 26.0 Å². The van der Waals surface area contributed by atoms with Crippen molar-refractivity contribution in [3.63, 3.8) is 0 Å². The normalized spacial score (nSPS) is 11.1. The molecule has 2 aromatic carbocycles. The van der Waals surface area contributed by atoms with Crippen LogP contribution in [0, 0.1) is 20.7 Å². The van der Waals surface area contributed by atoms with E-state index in [-0.39, 0.29) is 21.3 Å². The Morgan fingerprint density at radius 3 is 2.72 bits per heavy atom. The molecule has 0 aliphatic rings. The zero-order chi connectivity index (χ0) is 18.0. The topological polar surface area (TPSA) is 89.1 Å². The van der Waals surface area contributed by atoms with Gasteiger partial charge in [-0.3, -0.25) is 10.1 Å². The SMILES string of the molecule is O=[N+]([O-])c1cc(/C=N/n2c(-c3ccc(F)cc3)n[nH]c2=S)ccc1Cl. The number of aromatic amines is 1. The van der Waals surface area contributed by atoms with Crippen molar-refractivity contribution in [1.29, 1.82) is 0 Å². The summed E-state index contributed by atoms with van der Waals surface area (Å²) in [5, 5.41) is 21.8. The van der Waals surface area contributed by atoms with E-state index < -0.39 is 4.92 Å². The average Bonchev–Trinajstić information content (AvgIpc) is 2.95. The van der Waals surface area contributed by atoms with Crippen LogP contribution in [0.4, 0.5) is 10.1 Å². The molecule has 126 valence electrons. The van der Waals surface area contributed by atoms with Gasteiger partial charge in [-0.2, -0.15) is 14.9 Å². The van der Waals surface area contributed by atoms with Crippen molar-refractivity contribution >= 4 is 35.7 Å². The molecule has 25 heavy (non-hydrogen) atoms. The van der Waals surface area contributed by atoms with Gasteiger partial charge in [0.2, 0.25) is 4.77 Å². The van der Waals surface area contributed by atoms with Gasteiger partial charge in [0.05, 0.1) is 11.1 Å². The Bertz CT molecular complexity index is 1030. The Balaban J connectivity index is 1.99. The first-order valence-electron chi connectivity index (χ1n) is 6.87. The molecule has 0 radical (unpaired) electrons. The third-order valence-corrected chi connectivity index (χ3v) is 3.83. The average molecular weight is 378 g/mol. The Hall–Kier alpha value is -2.91. The zero-order valence-corrected chi connectivity index (χ0v) is 14.0. The van der Waals surface area contributed by atoms with Crippen molar-refractivity contribution in [2.75, 3.05) is 0 Å². The molecule has 0 atom stereocenters. The highest BCUT2D eigenvalue weighted by Gasteiger charge is 2.12. The molecule has 0 amide bonds. The summed E-state index contributed by atoms with van der Waals surface area (Å²) in [5.74, 6) is 0.00567. The first kappa shape index (κ1) is 16.9. The van der Waals surface area contributed by atoms with Gasteiger partial charge in [-0.1, -0.05) is 17.7 Å². The number of hydrogen-bond acceptors (Lipinski definition) is 5. The molecule has 3 aromatic rings. The molecule has 1 heterocycles. The van der Waals surface area contributed by atoms with Crippen LogP contribution in [0.1, 0.15) is 5.56 Å². The Morgan fingerprint density at radius 1 is 1.32 bits per heavy atom. The fourth-order valence-electron chi connectivity index (χ4n) is 2.06. The van der Waals surface area contributed by atoms with Crippen LogP contribution >= 0.6 is 23.8 Å². The summed E-state index contributed by atoms with van der Waals surface area (Å²) in [5.41, 5.74) is 0.845. The van der Waals surface area contributed by atoms with Crippen molar-refractivity contribution in [3.8, 4) is 11.4 Å². The molecule has 0 unspecified atom stereocenters. The van der Waals surface area contributed by atoms with Crippen LogP contribution < -0.4 is 0 Å². The fourth-order valence-corrected chi connectivity index (χ4v) is 2.42. The van der Waals surface area contributed by atoms with E-state index in [0.29, 0.717) is 17.0 Å². The third kappa shape index (κ3) is 3.62. The highest BCUT2D eigenvalue weighted by molar-refractivity contribution is 7.71. The predicted molar refractivity (Wildman–Crippen MR) is 93.9 cm³/mol. The molecular formula is C15H9ClFN5O2S. The largest absolute Gasteiger partial charge is 0.288 e. The van der Waals surface area contributed by atoms with E-state index in [9.17, 15) is 14.5 Å². The molecule has 0 aliphatic heterocycles. The fraction of sp³-hybridized carbons (Fsp3) is 0. The summed E-state index contributed by atoms with van der Waals surface area (Å²) in [6.07, 6.45) is 1.39. The van der Waals surface area contributed by atoms with Crippen LogP contribution in [0.5, 0.6) is 0 Å². The third-order valence-electron chi connectivity index (χ3n) is 3.24. The summed E-state index contributed by atoms with van der Waals surface area (Å²) in [6.45, 7) is 0. The lowest BCUT2D eigenvalue weighted by atomic mass is 10.2.